The number of hydrogen-bond acceptors (Lipinski definition) is 3. The highest BCUT2D eigenvalue weighted by Gasteiger charge is 2.16. The van der Waals surface area contributed by atoms with Gasteiger partial charge in [-0.3, -0.25) is 0 Å². The molecule has 22 heavy (non-hydrogen) atoms. The Morgan fingerprint density at radius 1 is 1.09 bits per heavy atom. The Bertz CT molecular complexity index is 779. The van der Waals surface area contributed by atoms with E-state index >= 15 is 0 Å². The molecule has 0 aliphatic carbocycles. The average molecular weight is 294 g/mol. The summed E-state index contributed by atoms with van der Waals surface area (Å²) in [5.74, 6) is 0.876. The summed E-state index contributed by atoms with van der Waals surface area (Å²) < 4.78 is 2.13. The molecule has 0 radical (unpaired) electrons. The summed E-state index contributed by atoms with van der Waals surface area (Å²) in [5, 5.41) is 4.69. The van der Waals surface area contributed by atoms with Crippen LogP contribution in [0.4, 0.5) is 5.69 Å². The third-order valence-electron chi connectivity index (χ3n) is 3.76. The van der Waals surface area contributed by atoms with Crippen LogP contribution in [0.25, 0.3) is 10.9 Å². The highest BCUT2D eigenvalue weighted by molar-refractivity contribution is 5.83. The van der Waals surface area contributed by atoms with Crippen LogP contribution in [0.2, 0.25) is 0 Å². The van der Waals surface area contributed by atoms with Crippen molar-refractivity contribution in [3.05, 3.63) is 54.2 Å². The molecule has 0 bridgehead atoms. The minimum absolute atomic E-state index is 0.0104. The summed E-state index contributed by atoms with van der Waals surface area (Å²) in [7, 11) is 2.06. The number of rotatable bonds is 3. The van der Waals surface area contributed by atoms with Crippen molar-refractivity contribution >= 4 is 16.6 Å². The van der Waals surface area contributed by atoms with Crippen LogP contribution in [0.5, 0.6) is 0 Å². The molecule has 0 saturated heterocycles. The molecule has 0 amide bonds. The molecule has 0 unspecified atom stereocenters. The fourth-order valence-electron chi connectivity index (χ4n) is 2.41. The smallest absolute Gasteiger partial charge is 0.133 e. The van der Waals surface area contributed by atoms with E-state index in [0.29, 0.717) is 0 Å². The lowest BCUT2D eigenvalue weighted by Gasteiger charge is -2.16. The van der Waals surface area contributed by atoms with Gasteiger partial charge in [-0.2, -0.15) is 0 Å². The monoisotopic (exact) mass is 294 g/mol. The second-order valence-corrected chi connectivity index (χ2v) is 6.72. The molecule has 114 valence electrons. The Balaban J connectivity index is 1.72. The van der Waals surface area contributed by atoms with Crippen molar-refractivity contribution < 1.29 is 0 Å². The molecule has 0 aliphatic heterocycles. The van der Waals surface area contributed by atoms with Crippen molar-refractivity contribution in [2.45, 2.75) is 32.7 Å². The zero-order valence-electron chi connectivity index (χ0n) is 13.6. The first kappa shape index (κ1) is 14.6. The predicted molar refractivity (Wildman–Crippen MR) is 91.0 cm³/mol. The topological polar surface area (TPSA) is 42.7 Å². The summed E-state index contributed by atoms with van der Waals surface area (Å²) in [4.78, 5) is 8.93. The van der Waals surface area contributed by atoms with Crippen LogP contribution >= 0.6 is 0 Å². The molecule has 1 N–H and O–H groups in total. The molecule has 2 aromatic heterocycles. The zero-order valence-corrected chi connectivity index (χ0v) is 13.6. The summed E-state index contributed by atoms with van der Waals surface area (Å²) >= 11 is 0. The molecule has 3 rings (SSSR count). The fraction of sp³-hybridized carbons (Fsp3) is 0.333. The summed E-state index contributed by atoms with van der Waals surface area (Å²) in [6.45, 7) is 7.08. The van der Waals surface area contributed by atoms with E-state index < -0.39 is 0 Å². The molecule has 0 aliphatic rings. The highest BCUT2D eigenvalue weighted by atomic mass is 14.9. The van der Waals surface area contributed by atoms with Crippen LogP contribution in [0.1, 0.15) is 32.2 Å². The molecular formula is C18H22N4. The van der Waals surface area contributed by atoms with Crippen molar-refractivity contribution in [2.75, 3.05) is 5.32 Å². The van der Waals surface area contributed by atoms with E-state index in [1.165, 1.54) is 10.9 Å². The molecule has 0 saturated carbocycles. The third kappa shape index (κ3) is 2.96. The molecule has 0 fully saturated rings. The van der Waals surface area contributed by atoms with Crippen molar-refractivity contribution in [3.63, 3.8) is 0 Å². The van der Waals surface area contributed by atoms with Crippen molar-refractivity contribution in [2.24, 2.45) is 7.05 Å². The van der Waals surface area contributed by atoms with Gasteiger partial charge in [-0.05, 0) is 23.6 Å². The summed E-state index contributed by atoms with van der Waals surface area (Å²) in [5.41, 5.74) is 3.40. The maximum atomic E-state index is 4.46. The van der Waals surface area contributed by atoms with Gasteiger partial charge in [0.1, 0.15) is 5.82 Å². The van der Waals surface area contributed by atoms with Gasteiger partial charge >= 0.3 is 0 Å². The van der Waals surface area contributed by atoms with Gasteiger partial charge in [0.2, 0.25) is 0 Å². The molecule has 4 heteroatoms. The Morgan fingerprint density at radius 3 is 2.50 bits per heavy atom. The normalized spacial score (nSPS) is 11.8. The van der Waals surface area contributed by atoms with Gasteiger partial charge in [0, 0.05) is 54.4 Å². The van der Waals surface area contributed by atoms with Crippen LogP contribution < -0.4 is 5.32 Å². The third-order valence-corrected chi connectivity index (χ3v) is 3.76. The van der Waals surface area contributed by atoms with Gasteiger partial charge in [-0.25, -0.2) is 9.97 Å². The van der Waals surface area contributed by atoms with E-state index in [9.17, 15) is 0 Å². The molecule has 0 atom stereocenters. The minimum Gasteiger partial charge on any atom is -0.381 e. The standard InChI is InChI=1S/C18H22N4/c1-18(2,3)17-20-11-13(12-21-17)10-19-15-6-5-14-7-8-22(4)16(14)9-15/h5-9,11-12,19H,10H2,1-4H3. The van der Waals surface area contributed by atoms with Crippen molar-refractivity contribution in [1.82, 2.24) is 14.5 Å². The summed E-state index contributed by atoms with van der Waals surface area (Å²) in [6, 6.07) is 8.53. The lowest BCUT2D eigenvalue weighted by molar-refractivity contribution is 0.544. The molecule has 0 spiro atoms. The van der Waals surface area contributed by atoms with Gasteiger partial charge in [0.05, 0.1) is 0 Å². The maximum absolute atomic E-state index is 4.46. The lowest BCUT2D eigenvalue weighted by Crippen LogP contribution is -2.16. The van der Waals surface area contributed by atoms with Gasteiger partial charge in [0.25, 0.3) is 0 Å². The van der Waals surface area contributed by atoms with E-state index in [0.717, 1.165) is 23.6 Å². The van der Waals surface area contributed by atoms with Crippen LogP contribution in [-0.2, 0) is 19.0 Å². The molecule has 3 aromatic rings. The largest absolute Gasteiger partial charge is 0.381 e. The van der Waals surface area contributed by atoms with Crippen LogP contribution in [0, 0.1) is 0 Å². The minimum atomic E-state index is -0.0104. The fourth-order valence-corrected chi connectivity index (χ4v) is 2.41. The second-order valence-electron chi connectivity index (χ2n) is 6.72. The number of benzene rings is 1. The SMILES string of the molecule is Cn1ccc2ccc(NCc3cnc(C(C)(C)C)nc3)cc21. The Kier molecular flexibility index (Phi) is 3.61. The van der Waals surface area contributed by atoms with E-state index in [4.69, 9.17) is 0 Å². The predicted octanol–water partition coefficient (Wildman–Crippen LogP) is 3.88. The van der Waals surface area contributed by atoms with E-state index in [2.05, 4.69) is 78.1 Å². The van der Waals surface area contributed by atoms with Crippen LogP contribution in [-0.4, -0.2) is 14.5 Å². The average Bonchev–Trinajstić information content (AvgIpc) is 2.86. The molecular weight excluding hydrogens is 272 g/mol. The number of aromatic nitrogens is 3. The first-order valence-corrected chi connectivity index (χ1v) is 7.54. The Labute approximate surface area is 131 Å². The highest BCUT2D eigenvalue weighted by Crippen LogP contribution is 2.20. The van der Waals surface area contributed by atoms with Gasteiger partial charge in [0.15, 0.2) is 0 Å². The van der Waals surface area contributed by atoms with E-state index in [-0.39, 0.29) is 5.41 Å². The van der Waals surface area contributed by atoms with Crippen molar-refractivity contribution in [1.29, 1.82) is 0 Å². The summed E-state index contributed by atoms with van der Waals surface area (Å²) in [6.07, 6.45) is 5.89. The molecule has 2 heterocycles. The Morgan fingerprint density at radius 2 is 1.82 bits per heavy atom. The van der Waals surface area contributed by atoms with Crippen LogP contribution in [0.15, 0.2) is 42.9 Å². The van der Waals surface area contributed by atoms with E-state index in [1.54, 1.807) is 0 Å². The maximum Gasteiger partial charge on any atom is 0.133 e. The lowest BCUT2D eigenvalue weighted by atomic mass is 9.96. The molecule has 1 aromatic carbocycles. The van der Waals surface area contributed by atoms with Gasteiger partial charge in [-0.1, -0.05) is 26.8 Å². The molecule has 4 nitrogen and oxygen atoms in total. The number of fused-ring (bicyclic) bond motifs is 1. The van der Waals surface area contributed by atoms with Crippen molar-refractivity contribution in [3.8, 4) is 0 Å². The van der Waals surface area contributed by atoms with Gasteiger partial charge < -0.3 is 9.88 Å². The first-order chi connectivity index (χ1) is 10.4. The quantitative estimate of drug-likeness (QED) is 0.797. The number of anilines is 1. The zero-order chi connectivity index (χ0) is 15.7. The number of nitrogens with zero attached hydrogens (tertiary/aromatic N) is 3. The number of aryl methyl sites for hydroxylation is 1. The number of hydrogen-bond donors (Lipinski definition) is 1. The second kappa shape index (κ2) is 5.44. The number of nitrogens with one attached hydrogen (secondary N) is 1. The Hall–Kier alpha value is -2.36. The van der Waals surface area contributed by atoms with Gasteiger partial charge in [-0.15, -0.1) is 0 Å². The van der Waals surface area contributed by atoms with Crippen LogP contribution in [0.3, 0.4) is 0 Å². The first-order valence-electron chi connectivity index (χ1n) is 7.54. The van der Waals surface area contributed by atoms with E-state index in [1.807, 2.05) is 12.4 Å².